The summed E-state index contributed by atoms with van der Waals surface area (Å²) in [6.07, 6.45) is 2.29. The van der Waals surface area contributed by atoms with Crippen LogP contribution in [0.5, 0.6) is 0 Å². The first-order valence-corrected chi connectivity index (χ1v) is 10.3. The third-order valence-corrected chi connectivity index (χ3v) is 5.93. The van der Waals surface area contributed by atoms with Gasteiger partial charge in [0, 0.05) is 29.2 Å². The number of benzene rings is 2. The number of alkyl halides is 1. The molecule has 3 aromatic rings. The summed E-state index contributed by atoms with van der Waals surface area (Å²) in [6.45, 7) is 3.27. The van der Waals surface area contributed by atoms with Crippen molar-refractivity contribution in [1.29, 1.82) is 0 Å². The quantitative estimate of drug-likeness (QED) is 0.389. The first kappa shape index (κ1) is 17.3. The monoisotopic (exact) mass is 465 g/mol. The molecule has 130 valence electrons. The van der Waals surface area contributed by atoms with Gasteiger partial charge in [0.2, 0.25) is 0 Å². The van der Waals surface area contributed by atoms with Crippen LogP contribution in [0, 0.1) is 3.57 Å². The van der Waals surface area contributed by atoms with Crippen molar-refractivity contribution in [2.75, 3.05) is 13.1 Å². The van der Waals surface area contributed by atoms with Crippen LogP contribution in [0.15, 0.2) is 48.5 Å². The zero-order chi connectivity index (χ0) is 17.2. The maximum absolute atomic E-state index is 6.20. The number of halogens is 2. The minimum Gasteiger partial charge on any atom is -0.324 e. The van der Waals surface area contributed by atoms with Gasteiger partial charge in [0.05, 0.1) is 16.9 Å². The van der Waals surface area contributed by atoms with Crippen molar-refractivity contribution >= 4 is 45.2 Å². The molecule has 0 radical (unpaired) electrons. The molecule has 1 saturated heterocycles. The highest BCUT2D eigenvalue weighted by Gasteiger charge is 2.24. The Kier molecular flexibility index (Phi) is 5.29. The summed E-state index contributed by atoms with van der Waals surface area (Å²) < 4.78 is 3.60. The number of nitrogens with zero attached hydrogens (tertiary/aromatic N) is 3. The summed E-state index contributed by atoms with van der Waals surface area (Å²) in [7, 11) is 0. The van der Waals surface area contributed by atoms with Crippen molar-refractivity contribution in [3.8, 4) is 0 Å². The molecular weight excluding hydrogens is 445 g/mol. The molecule has 5 heteroatoms. The third kappa shape index (κ3) is 3.71. The molecule has 0 aliphatic carbocycles. The Hall–Kier alpha value is -1.11. The molecule has 0 atom stereocenters. The summed E-state index contributed by atoms with van der Waals surface area (Å²) in [5.41, 5.74) is 3.68. The van der Waals surface area contributed by atoms with Gasteiger partial charge >= 0.3 is 0 Å². The van der Waals surface area contributed by atoms with E-state index < -0.39 is 0 Å². The first-order valence-electron chi connectivity index (χ1n) is 8.73. The highest BCUT2D eigenvalue weighted by atomic mass is 127. The maximum atomic E-state index is 6.20. The fraction of sp³-hybridized carbons (Fsp3) is 0.350. The van der Waals surface area contributed by atoms with Gasteiger partial charge in [0.15, 0.2) is 0 Å². The zero-order valence-corrected chi connectivity index (χ0v) is 16.9. The van der Waals surface area contributed by atoms with Crippen molar-refractivity contribution in [2.24, 2.45) is 0 Å². The van der Waals surface area contributed by atoms with Gasteiger partial charge in [-0.1, -0.05) is 30.3 Å². The Labute approximate surface area is 167 Å². The molecule has 1 aromatic heterocycles. The van der Waals surface area contributed by atoms with Crippen LogP contribution in [-0.2, 0) is 12.4 Å². The average Bonchev–Trinajstić information content (AvgIpc) is 3.01. The minimum absolute atomic E-state index is 0.468. The van der Waals surface area contributed by atoms with E-state index in [1.165, 1.54) is 14.7 Å². The Morgan fingerprint density at radius 2 is 1.84 bits per heavy atom. The van der Waals surface area contributed by atoms with E-state index in [2.05, 4.69) is 80.6 Å². The Bertz CT molecular complexity index is 854. The standard InChI is InChI=1S/C20H21ClIN3/c21-13-20-23-18-12-16(22)6-7-19(18)25(20)17-8-10-24(11-9-17)14-15-4-2-1-3-5-15/h1-7,12,17H,8-11,13-14H2. The number of imidazole rings is 1. The molecule has 0 saturated carbocycles. The number of rotatable bonds is 4. The summed E-state index contributed by atoms with van der Waals surface area (Å²) in [6, 6.07) is 17.7. The molecule has 2 aromatic carbocycles. The zero-order valence-electron chi connectivity index (χ0n) is 14.0. The van der Waals surface area contributed by atoms with Crippen molar-refractivity contribution in [3.63, 3.8) is 0 Å². The lowest BCUT2D eigenvalue weighted by Crippen LogP contribution is -2.34. The predicted molar refractivity (Wildman–Crippen MR) is 112 cm³/mol. The molecule has 1 aliphatic rings. The fourth-order valence-corrected chi connectivity index (χ4v) is 4.46. The van der Waals surface area contributed by atoms with Crippen molar-refractivity contribution in [3.05, 3.63) is 63.5 Å². The first-order chi connectivity index (χ1) is 12.2. The Morgan fingerprint density at radius 1 is 1.08 bits per heavy atom. The van der Waals surface area contributed by atoms with E-state index in [1.807, 2.05) is 0 Å². The van der Waals surface area contributed by atoms with Crippen LogP contribution in [0.4, 0.5) is 0 Å². The molecule has 1 aliphatic heterocycles. The van der Waals surface area contributed by atoms with Gasteiger partial charge < -0.3 is 4.57 Å². The summed E-state index contributed by atoms with van der Waals surface area (Å²) in [4.78, 5) is 7.32. The van der Waals surface area contributed by atoms with Gasteiger partial charge in [0.25, 0.3) is 0 Å². The lowest BCUT2D eigenvalue weighted by atomic mass is 10.0. The third-order valence-electron chi connectivity index (χ3n) is 5.02. The molecule has 4 rings (SSSR count). The van der Waals surface area contributed by atoms with E-state index in [-0.39, 0.29) is 0 Å². The minimum atomic E-state index is 0.468. The van der Waals surface area contributed by atoms with Gasteiger partial charge in [-0.3, -0.25) is 4.90 Å². The second-order valence-electron chi connectivity index (χ2n) is 6.66. The van der Waals surface area contributed by atoms with Crippen molar-refractivity contribution in [1.82, 2.24) is 14.5 Å². The largest absolute Gasteiger partial charge is 0.324 e. The second kappa shape index (κ2) is 7.64. The van der Waals surface area contributed by atoms with E-state index in [4.69, 9.17) is 16.6 Å². The maximum Gasteiger partial charge on any atom is 0.125 e. The average molecular weight is 466 g/mol. The van der Waals surface area contributed by atoms with Crippen LogP contribution in [-0.4, -0.2) is 27.5 Å². The summed E-state index contributed by atoms with van der Waals surface area (Å²) in [5.74, 6) is 1.47. The van der Waals surface area contributed by atoms with Gasteiger partial charge in [-0.05, 0) is 59.2 Å². The lowest BCUT2D eigenvalue weighted by molar-refractivity contribution is 0.180. The van der Waals surface area contributed by atoms with Gasteiger partial charge in [-0.2, -0.15) is 0 Å². The molecule has 3 nitrogen and oxygen atoms in total. The molecule has 1 fully saturated rings. The molecular formula is C20H21ClIN3. The van der Waals surface area contributed by atoms with E-state index in [1.54, 1.807) is 0 Å². The van der Waals surface area contributed by atoms with Crippen molar-refractivity contribution in [2.45, 2.75) is 31.3 Å². The molecule has 0 spiro atoms. The number of hydrogen-bond donors (Lipinski definition) is 0. The van der Waals surface area contributed by atoms with Crippen LogP contribution < -0.4 is 0 Å². The molecule has 25 heavy (non-hydrogen) atoms. The Balaban J connectivity index is 1.51. The van der Waals surface area contributed by atoms with Crippen LogP contribution in [0.1, 0.15) is 30.3 Å². The van der Waals surface area contributed by atoms with Crippen LogP contribution in [0.3, 0.4) is 0 Å². The number of likely N-dealkylation sites (tertiary alicyclic amines) is 1. The highest BCUT2D eigenvalue weighted by molar-refractivity contribution is 14.1. The number of hydrogen-bond acceptors (Lipinski definition) is 2. The molecule has 0 amide bonds. The lowest BCUT2D eigenvalue weighted by Gasteiger charge is -2.33. The van der Waals surface area contributed by atoms with E-state index in [0.29, 0.717) is 11.9 Å². The number of aromatic nitrogens is 2. The molecule has 0 N–H and O–H groups in total. The van der Waals surface area contributed by atoms with Gasteiger partial charge in [-0.25, -0.2) is 4.98 Å². The highest BCUT2D eigenvalue weighted by Crippen LogP contribution is 2.30. The number of fused-ring (bicyclic) bond motifs is 1. The second-order valence-corrected chi connectivity index (χ2v) is 8.17. The van der Waals surface area contributed by atoms with Gasteiger partial charge in [0.1, 0.15) is 5.82 Å². The van der Waals surface area contributed by atoms with E-state index in [9.17, 15) is 0 Å². The SMILES string of the molecule is ClCc1nc2cc(I)ccc2n1C1CCN(Cc2ccccc2)CC1. The van der Waals surface area contributed by atoms with Crippen LogP contribution in [0.2, 0.25) is 0 Å². The molecule has 0 unspecified atom stereocenters. The number of piperidine rings is 1. The normalized spacial score (nSPS) is 16.6. The van der Waals surface area contributed by atoms with Crippen molar-refractivity contribution < 1.29 is 0 Å². The smallest absolute Gasteiger partial charge is 0.125 e. The topological polar surface area (TPSA) is 21.1 Å². The molecule has 0 bridgehead atoms. The van der Waals surface area contributed by atoms with Gasteiger partial charge in [-0.15, -0.1) is 11.6 Å². The predicted octanol–water partition coefficient (Wildman–Crippen LogP) is 5.22. The fourth-order valence-electron chi connectivity index (χ4n) is 3.80. The van der Waals surface area contributed by atoms with Crippen LogP contribution in [0.25, 0.3) is 11.0 Å². The summed E-state index contributed by atoms with van der Waals surface area (Å²) in [5, 5.41) is 0. The summed E-state index contributed by atoms with van der Waals surface area (Å²) >= 11 is 8.54. The Morgan fingerprint density at radius 3 is 2.56 bits per heavy atom. The van der Waals surface area contributed by atoms with E-state index >= 15 is 0 Å². The van der Waals surface area contributed by atoms with Crippen LogP contribution >= 0.6 is 34.2 Å². The van der Waals surface area contributed by atoms with E-state index in [0.717, 1.165) is 43.8 Å². The molecule has 2 heterocycles.